The van der Waals surface area contributed by atoms with E-state index in [1.54, 1.807) is 30.5 Å². The van der Waals surface area contributed by atoms with E-state index in [0.717, 1.165) is 30.2 Å². The third kappa shape index (κ3) is 4.86. The molecule has 0 aliphatic rings. The highest BCUT2D eigenvalue weighted by Gasteiger charge is 2.30. The second kappa shape index (κ2) is 8.52. The fourth-order valence-electron chi connectivity index (χ4n) is 2.54. The number of hydrogen-bond acceptors (Lipinski definition) is 7. The molecule has 0 aliphatic carbocycles. The zero-order valence-corrected chi connectivity index (χ0v) is 16.3. The molecule has 8 nitrogen and oxygen atoms in total. The van der Waals surface area contributed by atoms with Gasteiger partial charge in [0.05, 0.1) is 16.3 Å². The number of alkyl halides is 3. The van der Waals surface area contributed by atoms with Crippen molar-refractivity contribution in [2.24, 2.45) is 4.99 Å². The quantitative estimate of drug-likeness (QED) is 0.271. The van der Waals surface area contributed by atoms with E-state index in [0.29, 0.717) is 22.0 Å². The first-order valence-electron chi connectivity index (χ1n) is 8.67. The molecule has 2 N–H and O–H groups in total. The van der Waals surface area contributed by atoms with Crippen molar-refractivity contribution in [2.45, 2.75) is 16.4 Å². The minimum Gasteiger partial charge on any atom is -0.409 e. The summed E-state index contributed by atoms with van der Waals surface area (Å²) in [5.41, 5.74) is 0.667. The van der Waals surface area contributed by atoms with Gasteiger partial charge in [-0.05, 0) is 42.1 Å². The molecule has 0 aliphatic heterocycles. The Hall–Kier alpha value is -3.80. The molecule has 156 valence electrons. The van der Waals surface area contributed by atoms with Crippen LogP contribution in [0.3, 0.4) is 0 Å². The molecule has 0 saturated heterocycles. The van der Waals surface area contributed by atoms with Crippen molar-refractivity contribution >= 4 is 18.1 Å². The molecule has 31 heavy (non-hydrogen) atoms. The third-order valence-corrected chi connectivity index (χ3v) is 4.69. The Morgan fingerprint density at radius 1 is 1.06 bits per heavy atom. The van der Waals surface area contributed by atoms with Gasteiger partial charge in [0.15, 0.2) is 0 Å². The molecule has 4 rings (SSSR count). The Labute approximate surface area is 176 Å². The summed E-state index contributed by atoms with van der Waals surface area (Å²) in [4.78, 5) is 15.1. The van der Waals surface area contributed by atoms with Gasteiger partial charge >= 0.3 is 6.18 Å². The van der Waals surface area contributed by atoms with Crippen LogP contribution in [0.2, 0.25) is 0 Å². The smallest absolute Gasteiger partial charge is 0.409 e. The molecule has 3 heterocycles. The lowest BCUT2D eigenvalue weighted by Gasteiger charge is -2.08. The zero-order valence-electron chi connectivity index (χ0n) is 15.5. The fraction of sp³-hybridized carbons (Fsp3) is 0.0526. The summed E-state index contributed by atoms with van der Waals surface area (Å²) in [7, 11) is 0. The van der Waals surface area contributed by atoms with E-state index in [2.05, 4.69) is 30.1 Å². The van der Waals surface area contributed by atoms with Crippen LogP contribution in [-0.2, 0) is 6.18 Å². The van der Waals surface area contributed by atoms with Crippen LogP contribution in [0.15, 0.2) is 74.4 Å². The molecular formula is C19H12F3N7OS. The number of aromatic amines is 1. The highest BCUT2D eigenvalue weighted by Crippen LogP contribution is 2.32. The lowest BCUT2D eigenvalue weighted by molar-refractivity contribution is -0.137. The Morgan fingerprint density at radius 2 is 1.87 bits per heavy atom. The highest BCUT2D eigenvalue weighted by molar-refractivity contribution is 7.99. The van der Waals surface area contributed by atoms with Gasteiger partial charge in [-0.3, -0.25) is 10.4 Å². The van der Waals surface area contributed by atoms with Crippen molar-refractivity contribution in [1.29, 1.82) is 5.41 Å². The molecule has 0 bridgehead atoms. The van der Waals surface area contributed by atoms with Crippen LogP contribution in [0.25, 0.3) is 22.8 Å². The van der Waals surface area contributed by atoms with E-state index in [1.807, 2.05) is 0 Å². The molecule has 0 saturated carbocycles. The molecule has 0 fully saturated rings. The number of aromatic nitrogens is 5. The van der Waals surface area contributed by atoms with Gasteiger partial charge in [-0.1, -0.05) is 18.2 Å². The average molecular weight is 443 g/mol. The second-order valence-electron chi connectivity index (χ2n) is 5.98. The lowest BCUT2D eigenvalue weighted by atomic mass is 10.1. The van der Waals surface area contributed by atoms with E-state index < -0.39 is 11.7 Å². The molecule has 4 aromatic rings. The Balaban J connectivity index is 1.66. The summed E-state index contributed by atoms with van der Waals surface area (Å²) >= 11 is 1.08. The standard InChI is InChI=1S/C19H12F3N7OS/c20-19(21,22)12-6-4-11(5-7-12)14-9-15(27-17(26-14)25-10-23)31-18-29-28-16(30-18)13-3-1-2-8-24-13/h1-10H,(H2,23,25,26,27). The zero-order chi connectivity index (χ0) is 21.8. The number of nitrogens with zero attached hydrogens (tertiary/aromatic N) is 5. The molecule has 0 radical (unpaired) electrons. The Morgan fingerprint density at radius 3 is 2.55 bits per heavy atom. The predicted octanol–water partition coefficient (Wildman–Crippen LogP) is 4.20. The number of benzene rings is 1. The van der Waals surface area contributed by atoms with Crippen molar-refractivity contribution in [1.82, 2.24) is 25.1 Å². The van der Waals surface area contributed by atoms with Crippen LogP contribution in [0.1, 0.15) is 5.56 Å². The topological polar surface area (TPSA) is 117 Å². The molecule has 12 heteroatoms. The van der Waals surface area contributed by atoms with Crippen molar-refractivity contribution in [3.63, 3.8) is 0 Å². The number of nitrogens with one attached hydrogen (secondary N) is 2. The summed E-state index contributed by atoms with van der Waals surface area (Å²) in [6.45, 7) is 0. The molecule has 3 aromatic heterocycles. The minimum atomic E-state index is -4.43. The summed E-state index contributed by atoms with van der Waals surface area (Å²) in [6.07, 6.45) is -2.03. The van der Waals surface area contributed by atoms with Crippen LogP contribution < -0.4 is 5.62 Å². The van der Waals surface area contributed by atoms with Crippen LogP contribution in [0, 0.1) is 5.41 Å². The summed E-state index contributed by atoms with van der Waals surface area (Å²) in [6, 6.07) is 11.5. The number of pyridine rings is 1. The maximum absolute atomic E-state index is 12.8. The second-order valence-corrected chi connectivity index (χ2v) is 6.97. The molecular weight excluding hydrogens is 431 g/mol. The normalized spacial score (nSPS) is 12.2. The van der Waals surface area contributed by atoms with Gasteiger partial charge in [-0.2, -0.15) is 13.2 Å². The van der Waals surface area contributed by atoms with Crippen LogP contribution in [0.4, 0.5) is 13.2 Å². The van der Waals surface area contributed by atoms with Gasteiger partial charge in [0, 0.05) is 11.8 Å². The number of hydrogen-bond donors (Lipinski definition) is 2. The molecule has 0 unspecified atom stereocenters. The third-order valence-electron chi connectivity index (χ3n) is 3.91. The van der Waals surface area contributed by atoms with Crippen molar-refractivity contribution in [3.05, 3.63) is 65.9 Å². The van der Waals surface area contributed by atoms with Gasteiger partial charge < -0.3 is 9.40 Å². The van der Waals surface area contributed by atoms with Gasteiger partial charge in [0.2, 0.25) is 5.62 Å². The first-order valence-corrected chi connectivity index (χ1v) is 9.48. The SMILES string of the molecule is N=C/N=c1/nc(-c2ccc(C(F)(F)F)cc2)cc(Sc2nnc(-c3ccccn3)o2)[nH]1. The Bertz CT molecular complexity index is 1270. The first-order chi connectivity index (χ1) is 14.9. The van der Waals surface area contributed by atoms with E-state index in [-0.39, 0.29) is 16.7 Å². The van der Waals surface area contributed by atoms with E-state index in [1.165, 1.54) is 12.1 Å². The number of H-pyrrole nitrogens is 1. The summed E-state index contributed by atoms with van der Waals surface area (Å²) in [5.74, 6) is 0.240. The maximum Gasteiger partial charge on any atom is 0.416 e. The van der Waals surface area contributed by atoms with E-state index in [4.69, 9.17) is 9.83 Å². The lowest BCUT2D eigenvalue weighted by Crippen LogP contribution is -2.14. The minimum absolute atomic E-state index is 0.0966. The number of rotatable bonds is 5. The maximum atomic E-state index is 12.8. The molecule has 0 amide bonds. The highest BCUT2D eigenvalue weighted by atomic mass is 32.2. The van der Waals surface area contributed by atoms with Gasteiger partial charge in [0.25, 0.3) is 11.1 Å². The monoisotopic (exact) mass is 443 g/mol. The van der Waals surface area contributed by atoms with Crippen LogP contribution in [0.5, 0.6) is 0 Å². The summed E-state index contributed by atoms with van der Waals surface area (Å²) in [5, 5.41) is 15.8. The molecule has 1 aromatic carbocycles. The first kappa shape index (κ1) is 20.5. The van der Waals surface area contributed by atoms with Crippen molar-refractivity contribution in [3.8, 4) is 22.8 Å². The van der Waals surface area contributed by atoms with Crippen molar-refractivity contribution < 1.29 is 17.6 Å². The van der Waals surface area contributed by atoms with Gasteiger partial charge in [-0.15, -0.1) is 10.2 Å². The predicted molar refractivity (Wildman–Crippen MR) is 105 cm³/mol. The fourth-order valence-corrected chi connectivity index (χ4v) is 3.24. The van der Waals surface area contributed by atoms with E-state index in [9.17, 15) is 13.2 Å². The van der Waals surface area contributed by atoms with Gasteiger partial charge in [-0.25, -0.2) is 9.98 Å². The number of halogens is 3. The molecule has 0 spiro atoms. The van der Waals surface area contributed by atoms with Crippen molar-refractivity contribution in [2.75, 3.05) is 0 Å². The van der Waals surface area contributed by atoms with Crippen LogP contribution >= 0.6 is 11.8 Å². The summed E-state index contributed by atoms with van der Waals surface area (Å²) < 4.78 is 44.1. The van der Waals surface area contributed by atoms with Gasteiger partial charge in [0.1, 0.15) is 12.0 Å². The molecule has 0 atom stereocenters. The largest absolute Gasteiger partial charge is 0.416 e. The average Bonchev–Trinajstić information content (AvgIpc) is 3.22. The van der Waals surface area contributed by atoms with E-state index >= 15 is 0 Å². The Kier molecular flexibility index (Phi) is 5.62. The van der Waals surface area contributed by atoms with Crippen LogP contribution in [-0.4, -0.2) is 31.5 Å².